The number of rotatable bonds is 6. The number of hydrogen-bond acceptors (Lipinski definition) is 4. The van der Waals surface area contributed by atoms with Crippen LogP contribution in [0.4, 0.5) is 0 Å². The highest BCUT2D eigenvalue weighted by molar-refractivity contribution is 5.63. The van der Waals surface area contributed by atoms with Gasteiger partial charge in [-0.2, -0.15) is 0 Å². The standard InChI is InChI=1S/C23H21N2O3/c1-26-20-13-17(14-21(15-20)27-2)16-25-11-7-19(8-12-25)23-4-3-22(28-23)18-5-9-24-10-6-18/h3-15H,16H2,1-2H3/q+1. The molecule has 0 atom stereocenters. The molecule has 3 heterocycles. The maximum absolute atomic E-state index is 6.00. The third-order valence-corrected chi connectivity index (χ3v) is 4.52. The molecule has 0 amide bonds. The number of aromatic nitrogens is 2. The van der Waals surface area contributed by atoms with Crippen molar-refractivity contribution in [3.05, 3.63) is 84.9 Å². The maximum atomic E-state index is 6.00. The molecule has 0 saturated carbocycles. The van der Waals surface area contributed by atoms with Crippen LogP contribution < -0.4 is 14.0 Å². The summed E-state index contributed by atoms with van der Waals surface area (Å²) in [6.45, 7) is 0.717. The smallest absolute Gasteiger partial charge is 0.174 e. The first-order chi connectivity index (χ1) is 13.7. The Hall–Kier alpha value is -3.60. The normalized spacial score (nSPS) is 10.6. The van der Waals surface area contributed by atoms with Crippen molar-refractivity contribution >= 4 is 0 Å². The Morgan fingerprint density at radius 2 is 1.36 bits per heavy atom. The number of ether oxygens (including phenoxy) is 2. The highest BCUT2D eigenvalue weighted by Gasteiger charge is 2.10. The lowest BCUT2D eigenvalue weighted by Crippen LogP contribution is -2.33. The first kappa shape index (κ1) is 17.8. The van der Waals surface area contributed by atoms with Crippen LogP contribution >= 0.6 is 0 Å². The van der Waals surface area contributed by atoms with E-state index in [0.29, 0.717) is 6.54 Å². The Bertz CT molecular complexity index is 1030. The van der Waals surface area contributed by atoms with Gasteiger partial charge in [0.1, 0.15) is 23.0 Å². The summed E-state index contributed by atoms with van der Waals surface area (Å²) < 4.78 is 18.8. The fourth-order valence-electron chi connectivity index (χ4n) is 3.06. The topological polar surface area (TPSA) is 48.4 Å². The molecule has 3 aromatic heterocycles. The van der Waals surface area contributed by atoms with Crippen LogP contribution in [0.25, 0.3) is 22.6 Å². The molecule has 5 heteroatoms. The highest BCUT2D eigenvalue weighted by Crippen LogP contribution is 2.27. The number of furan rings is 1. The Morgan fingerprint density at radius 3 is 1.93 bits per heavy atom. The molecule has 0 aliphatic carbocycles. The molecule has 0 aliphatic rings. The molecule has 0 bridgehead atoms. The molecule has 1 aromatic carbocycles. The average Bonchev–Trinajstić information content (AvgIpc) is 3.25. The van der Waals surface area contributed by atoms with Crippen molar-refractivity contribution in [3.8, 4) is 34.1 Å². The molecule has 0 saturated heterocycles. The van der Waals surface area contributed by atoms with E-state index >= 15 is 0 Å². The zero-order chi connectivity index (χ0) is 19.3. The quantitative estimate of drug-likeness (QED) is 0.471. The van der Waals surface area contributed by atoms with Crippen LogP contribution in [-0.4, -0.2) is 19.2 Å². The van der Waals surface area contributed by atoms with Gasteiger partial charge < -0.3 is 13.9 Å². The predicted molar refractivity (Wildman–Crippen MR) is 106 cm³/mol. The van der Waals surface area contributed by atoms with Crippen LogP contribution in [0.5, 0.6) is 11.5 Å². The van der Waals surface area contributed by atoms with Gasteiger partial charge in [0.05, 0.1) is 14.2 Å². The number of hydrogen-bond donors (Lipinski definition) is 0. The molecule has 0 fully saturated rings. The molecule has 4 rings (SSSR count). The van der Waals surface area contributed by atoms with Gasteiger partial charge in [0.2, 0.25) is 0 Å². The number of methoxy groups -OCH3 is 2. The van der Waals surface area contributed by atoms with Crippen LogP contribution in [0.2, 0.25) is 0 Å². The second-order valence-electron chi connectivity index (χ2n) is 6.38. The minimum Gasteiger partial charge on any atom is -0.497 e. The van der Waals surface area contributed by atoms with Crippen LogP contribution in [0, 0.1) is 0 Å². The van der Waals surface area contributed by atoms with E-state index in [4.69, 9.17) is 13.9 Å². The van der Waals surface area contributed by atoms with Gasteiger partial charge in [0, 0.05) is 47.3 Å². The van der Waals surface area contributed by atoms with Gasteiger partial charge in [-0.25, -0.2) is 4.57 Å². The van der Waals surface area contributed by atoms with Gasteiger partial charge in [-0.1, -0.05) is 0 Å². The summed E-state index contributed by atoms with van der Waals surface area (Å²) >= 11 is 0. The van der Waals surface area contributed by atoms with E-state index in [-0.39, 0.29) is 0 Å². The van der Waals surface area contributed by atoms with Crippen LogP contribution in [0.1, 0.15) is 5.56 Å². The lowest BCUT2D eigenvalue weighted by molar-refractivity contribution is -0.688. The molecule has 0 radical (unpaired) electrons. The van der Waals surface area contributed by atoms with E-state index in [1.54, 1.807) is 26.6 Å². The third-order valence-electron chi connectivity index (χ3n) is 4.52. The predicted octanol–water partition coefficient (Wildman–Crippen LogP) is 4.36. The molecule has 5 nitrogen and oxygen atoms in total. The van der Waals surface area contributed by atoms with E-state index in [0.717, 1.165) is 39.7 Å². The summed E-state index contributed by atoms with van der Waals surface area (Å²) in [4.78, 5) is 4.04. The minimum atomic E-state index is 0.717. The first-order valence-electron chi connectivity index (χ1n) is 8.97. The minimum absolute atomic E-state index is 0.717. The van der Waals surface area contributed by atoms with E-state index in [9.17, 15) is 0 Å². The average molecular weight is 373 g/mol. The number of nitrogens with zero attached hydrogens (tertiary/aromatic N) is 2. The first-order valence-corrected chi connectivity index (χ1v) is 8.97. The second-order valence-corrected chi connectivity index (χ2v) is 6.38. The SMILES string of the molecule is COc1cc(C[n+]2ccc(-c3ccc(-c4ccncc4)o3)cc2)cc(OC)c1. The van der Waals surface area contributed by atoms with Gasteiger partial charge in [-0.15, -0.1) is 0 Å². The molecule has 0 unspecified atom stereocenters. The van der Waals surface area contributed by atoms with Crippen LogP contribution in [-0.2, 0) is 6.54 Å². The molecule has 0 N–H and O–H groups in total. The largest absolute Gasteiger partial charge is 0.497 e. The molecular weight excluding hydrogens is 352 g/mol. The molecule has 0 spiro atoms. The second kappa shape index (κ2) is 7.96. The summed E-state index contributed by atoms with van der Waals surface area (Å²) in [7, 11) is 3.31. The van der Waals surface area contributed by atoms with E-state index < -0.39 is 0 Å². The van der Waals surface area contributed by atoms with E-state index in [1.165, 1.54) is 0 Å². The van der Waals surface area contributed by atoms with Gasteiger partial charge in [0.15, 0.2) is 18.9 Å². The van der Waals surface area contributed by atoms with E-state index in [1.807, 2.05) is 67.0 Å². The molecule has 140 valence electrons. The third kappa shape index (κ3) is 3.88. The summed E-state index contributed by atoms with van der Waals surface area (Å²) in [6, 6.07) is 17.8. The zero-order valence-electron chi connectivity index (χ0n) is 15.8. The maximum Gasteiger partial charge on any atom is 0.174 e. The van der Waals surface area contributed by atoms with Gasteiger partial charge >= 0.3 is 0 Å². The summed E-state index contributed by atoms with van der Waals surface area (Å²) in [5.41, 5.74) is 3.14. The van der Waals surface area contributed by atoms with Gasteiger partial charge in [0.25, 0.3) is 0 Å². The number of benzene rings is 1. The van der Waals surface area contributed by atoms with Crippen molar-refractivity contribution < 1.29 is 18.5 Å². The summed E-state index contributed by atoms with van der Waals surface area (Å²) in [5.74, 6) is 3.23. The monoisotopic (exact) mass is 373 g/mol. The summed E-state index contributed by atoms with van der Waals surface area (Å²) in [5, 5.41) is 0. The van der Waals surface area contributed by atoms with E-state index in [2.05, 4.69) is 9.55 Å². The van der Waals surface area contributed by atoms with Gasteiger partial charge in [-0.05, 0) is 36.4 Å². The summed E-state index contributed by atoms with van der Waals surface area (Å²) in [6.07, 6.45) is 7.60. The zero-order valence-corrected chi connectivity index (χ0v) is 15.8. The Morgan fingerprint density at radius 1 is 0.786 bits per heavy atom. The highest BCUT2D eigenvalue weighted by atomic mass is 16.5. The number of pyridine rings is 2. The molecule has 28 heavy (non-hydrogen) atoms. The van der Waals surface area contributed by atoms with Crippen molar-refractivity contribution in [2.24, 2.45) is 0 Å². The Labute approximate surface area is 163 Å². The molecular formula is C23H21N2O3+. The molecule has 4 aromatic rings. The van der Waals surface area contributed by atoms with Gasteiger partial charge in [-0.3, -0.25) is 4.98 Å². The molecule has 0 aliphatic heterocycles. The lowest BCUT2D eigenvalue weighted by Gasteiger charge is -2.06. The van der Waals surface area contributed by atoms with Crippen LogP contribution in [0.3, 0.4) is 0 Å². The van der Waals surface area contributed by atoms with Crippen molar-refractivity contribution in [1.29, 1.82) is 0 Å². The van der Waals surface area contributed by atoms with Crippen molar-refractivity contribution in [2.75, 3.05) is 14.2 Å². The fourth-order valence-corrected chi connectivity index (χ4v) is 3.06. The van der Waals surface area contributed by atoms with Crippen molar-refractivity contribution in [3.63, 3.8) is 0 Å². The van der Waals surface area contributed by atoms with Crippen molar-refractivity contribution in [2.45, 2.75) is 6.54 Å². The Balaban J connectivity index is 1.53. The van der Waals surface area contributed by atoms with Crippen molar-refractivity contribution in [1.82, 2.24) is 4.98 Å². The lowest BCUT2D eigenvalue weighted by atomic mass is 10.2. The van der Waals surface area contributed by atoms with Crippen LogP contribution in [0.15, 0.2) is 83.8 Å². The fraction of sp³-hybridized carbons (Fsp3) is 0.130. The Kier molecular flexibility index (Phi) is 5.06.